The molecule has 3 rings (SSSR count). The molecule has 0 bridgehead atoms. The summed E-state index contributed by atoms with van der Waals surface area (Å²) in [5.74, 6) is -0.469. The number of nitrogens with one attached hydrogen (secondary N) is 1. The van der Waals surface area contributed by atoms with Crippen molar-refractivity contribution in [1.82, 2.24) is 4.98 Å². The fourth-order valence-electron chi connectivity index (χ4n) is 2.83. The van der Waals surface area contributed by atoms with Crippen molar-refractivity contribution in [2.24, 2.45) is 0 Å². The zero-order valence-corrected chi connectivity index (χ0v) is 18.1. The molecule has 0 aliphatic heterocycles. The number of halogens is 2. The van der Waals surface area contributed by atoms with Gasteiger partial charge in [-0.1, -0.05) is 0 Å². The number of anilines is 3. The first-order valence-corrected chi connectivity index (χ1v) is 9.90. The third kappa shape index (κ3) is 4.23. The molecule has 1 aromatic carbocycles. The SMILES string of the molecule is CCOC(=O)Nc1oc2c(Br)nccc2c1N(C(=O)OCC)c1ccc(F)c(C)c1. The summed E-state index contributed by atoms with van der Waals surface area (Å²) in [5, 5.41) is 2.97. The topological polar surface area (TPSA) is 93.9 Å². The molecule has 158 valence electrons. The molecule has 3 aromatic rings. The first kappa shape index (κ1) is 21.6. The Morgan fingerprint density at radius 2 is 1.97 bits per heavy atom. The molecule has 2 aromatic heterocycles. The van der Waals surface area contributed by atoms with Gasteiger partial charge < -0.3 is 13.9 Å². The smallest absolute Gasteiger partial charge is 0.419 e. The molecular formula is C20H19BrFN3O5. The van der Waals surface area contributed by atoms with E-state index < -0.39 is 18.0 Å². The van der Waals surface area contributed by atoms with E-state index in [4.69, 9.17) is 13.9 Å². The maximum absolute atomic E-state index is 13.9. The van der Waals surface area contributed by atoms with Crippen LogP contribution >= 0.6 is 15.9 Å². The fourth-order valence-corrected chi connectivity index (χ4v) is 3.24. The van der Waals surface area contributed by atoms with E-state index in [-0.39, 0.29) is 24.8 Å². The summed E-state index contributed by atoms with van der Waals surface area (Å²) >= 11 is 3.30. The summed E-state index contributed by atoms with van der Waals surface area (Å²) in [6, 6.07) is 5.80. The Labute approximate surface area is 180 Å². The second kappa shape index (κ2) is 9.12. The molecule has 0 radical (unpaired) electrons. The molecule has 0 unspecified atom stereocenters. The van der Waals surface area contributed by atoms with Crippen LogP contribution in [0.25, 0.3) is 11.0 Å². The van der Waals surface area contributed by atoms with Crippen molar-refractivity contribution in [3.05, 3.63) is 46.4 Å². The summed E-state index contributed by atoms with van der Waals surface area (Å²) < 4.78 is 30.2. The number of hydrogen-bond acceptors (Lipinski definition) is 6. The maximum atomic E-state index is 13.9. The number of carbonyl (C=O) groups excluding carboxylic acids is 2. The van der Waals surface area contributed by atoms with Gasteiger partial charge in [0.15, 0.2) is 5.58 Å². The zero-order valence-electron chi connectivity index (χ0n) is 16.5. The number of aryl methyl sites for hydroxylation is 1. The monoisotopic (exact) mass is 479 g/mol. The molecule has 2 amide bonds. The summed E-state index contributed by atoms with van der Waals surface area (Å²) in [7, 11) is 0. The van der Waals surface area contributed by atoms with Gasteiger partial charge in [-0.15, -0.1) is 0 Å². The highest BCUT2D eigenvalue weighted by atomic mass is 79.9. The Bertz CT molecular complexity index is 1100. The number of benzene rings is 1. The molecule has 0 aliphatic carbocycles. The van der Waals surface area contributed by atoms with Crippen LogP contribution in [0.15, 0.2) is 39.5 Å². The number of ether oxygens (including phenoxy) is 2. The zero-order chi connectivity index (χ0) is 21.8. The van der Waals surface area contributed by atoms with E-state index >= 15 is 0 Å². The molecule has 0 fully saturated rings. The summed E-state index contributed by atoms with van der Waals surface area (Å²) in [6.07, 6.45) is 0.0192. The van der Waals surface area contributed by atoms with Gasteiger partial charge in [-0.2, -0.15) is 0 Å². The van der Waals surface area contributed by atoms with E-state index in [1.54, 1.807) is 26.8 Å². The van der Waals surface area contributed by atoms with Gasteiger partial charge in [-0.25, -0.2) is 23.9 Å². The predicted molar refractivity (Wildman–Crippen MR) is 113 cm³/mol. The minimum Gasteiger partial charge on any atom is -0.450 e. The molecule has 30 heavy (non-hydrogen) atoms. The average Bonchev–Trinajstić information content (AvgIpc) is 3.04. The van der Waals surface area contributed by atoms with Crippen LogP contribution in [0.4, 0.5) is 31.2 Å². The molecule has 2 heterocycles. The molecule has 0 atom stereocenters. The van der Waals surface area contributed by atoms with Gasteiger partial charge in [0.05, 0.1) is 24.3 Å². The van der Waals surface area contributed by atoms with Crippen molar-refractivity contribution < 1.29 is 27.9 Å². The number of amides is 2. The Balaban J connectivity index is 2.26. The van der Waals surface area contributed by atoms with Gasteiger partial charge in [0.1, 0.15) is 16.1 Å². The summed E-state index contributed by atoms with van der Waals surface area (Å²) in [4.78, 5) is 30.3. The van der Waals surface area contributed by atoms with Gasteiger partial charge in [-0.05, 0) is 66.5 Å². The maximum Gasteiger partial charge on any atom is 0.419 e. The number of aromatic nitrogens is 1. The number of carbonyl (C=O) groups is 2. The van der Waals surface area contributed by atoms with Crippen LogP contribution in [0.5, 0.6) is 0 Å². The van der Waals surface area contributed by atoms with Crippen LogP contribution in [0, 0.1) is 12.7 Å². The molecule has 8 nitrogen and oxygen atoms in total. The van der Waals surface area contributed by atoms with Gasteiger partial charge in [-0.3, -0.25) is 5.32 Å². The van der Waals surface area contributed by atoms with Crippen LogP contribution in [0.3, 0.4) is 0 Å². The van der Waals surface area contributed by atoms with Crippen LogP contribution < -0.4 is 10.2 Å². The van der Waals surface area contributed by atoms with E-state index in [1.807, 2.05) is 0 Å². The van der Waals surface area contributed by atoms with E-state index in [9.17, 15) is 14.0 Å². The van der Waals surface area contributed by atoms with E-state index in [2.05, 4.69) is 26.2 Å². The first-order chi connectivity index (χ1) is 14.4. The second-order valence-electron chi connectivity index (χ2n) is 6.07. The van der Waals surface area contributed by atoms with Gasteiger partial charge in [0.25, 0.3) is 0 Å². The Morgan fingerprint density at radius 1 is 1.23 bits per heavy atom. The highest BCUT2D eigenvalue weighted by Gasteiger charge is 2.30. The lowest BCUT2D eigenvalue weighted by atomic mass is 10.1. The number of pyridine rings is 1. The van der Waals surface area contributed by atoms with Crippen LogP contribution in [-0.2, 0) is 9.47 Å². The van der Waals surface area contributed by atoms with Crippen molar-refractivity contribution in [1.29, 1.82) is 0 Å². The third-order valence-corrected chi connectivity index (χ3v) is 4.67. The molecule has 0 saturated heterocycles. The Morgan fingerprint density at radius 3 is 2.63 bits per heavy atom. The lowest BCUT2D eigenvalue weighted by molar-refractivity contribution is 0.162. The van der Waals surface area contributed by atoms with E-state index in [0.29, 0.717) is 26.8 Å². The normalized spacial score (nSPS) is 10.7. The lowest BCUT2D eigenvalue weighted by Crippen LogP contribution is -2.28. The largest absolute Gasteiger partial charge is 0.450 e. The van der Waals surface area contributed by atoms with Crippen molar-refractivity contribution >= 4 is 56.3 Å². The van der Waals surface area contributed by atoms with Crippen molar-refractivity contribution in [2.45, 2.75) is 20.8 Å². The number of hydrogen-bond donors (Lipinski definition) is 1. The van der Waals surface area contributed by atoms with Gasteiger partial charge >= 0.3 is 12.2 Å². The summed E-state index contributed by atoms with van der Waals surface area (Å²) in [6.45, 7) is 5.15. The minimum absolute atomic E-state index is 0.0489. The predicted octanol–water partition coefficient (Wildman–Crippen LogP) is 5.90. The average molecular weight is 480 g/mol. The number of rotatable bonds is 5. The van der Waals surface area contributed by atoms with Crippen molar-refractivity contribution in [3.8, 4) is 0 Å². The van der Waals surface area contributed by atoms with Crippen LogP contribution in [0.2, 0.25) is 0 Å². The number of fused-ring (bicyclic) bond motifs is 1. The fraction of sp³-hybridized carbons (Fsp3) is 0.250. The minimum atomic E-state index is -0.763. The van der Waals surface area contributed by atoms with E-state index in [0.717, 1.165) is 0 Å². The lowest BCUT2D eigenvalue weighted by Gasteiger charge is -2.22. The van der Waals surface area contributed by atoms with Gasteiger partial charge in [0, 0.05) is 6.20 Å². The van der Waals surface area contributed by atoms with Crippen molar-refractivity contribution in [2.75, 3.05) is 23.4 Å². The molecule has 1 N–H and O–H groups in total. The van der Waals surface area contributed by atoms with Crippen molar-refractivity contribution in [3.63, 3.8) is 0 Å². The number of furan rings is 1. The molecule has 0 saturated carbocycles. The molecule has 10 heteroatoms. The highest BCUT2D eigenvalue weighted by molar-refractivity contribution is 9.10. The number of nitrogens with zero attached hydrogens (tertiary/aromatic N) is 2. The summed E-state index contributed by atoms with van der Waals surface area (Å²) in [5.41, 5.74) is 1.16. The highest BCUT2D eigenvalue weighted by Crippen LogP contribution is 2.43. The Kier molecular flexibility index (Phi) is 6.56. The quantitative estimate of drug-likeness (QED) is 0.457. The first-order valence-electron chi connectivity index (χ1n) is 9.11. The molecule has 0 spiro atoms. The Hall–Kier alpha value is -3.14. The molecule has 0 aliphatic rings. The third-order valence-electron chi connectivity index (χ3n) is 4.10. The second-order valence-corrected chi connectivity index (χ2v) is 6.82. The molecular weight excluding hydrogens is 461 g/mol. The van der Waals surface area contributed by atoms with Crippen LogP contribution in [0.1, 0.15) is 19.4 Å². The standard InChI is InChI=1S/C20H19BrFN3O5/c1-4-28-19(26)24-18-15(13-8-9-23-17(21)16(13)30-18)25(20(27)29-5-2)12-6-7-14(22)11(3)10-12/h6-10H,4-5H2,1-3H3,(H,24,26). The van der Waals surface area contributed by atoms with Crippen LogP contribution in [-0.4, -0.2) is 30.4 Å². The van der Waals surface area contributed by atoms with E-state index in [1.165, 1.54) is 29.3 Å². The van der Waals surface area contributed by atoms with Gasteiger partial charge in [0.2, 0.25) is 5.88 Å².